The van der Waals surface area contributed by atoms with Crippen molar-refractivity contribution in [3.8, 4) is 0 Å². The molecule has 2 aromatic carbocycles. The second-order valence-electron chi connectivity index (χ2n) is 6.56. The second-order valence-corrected chi connectivity index (χ2v) is 7.54. The van der Waals surface area contributed by atoms with Gasteiger partial charge in [0, 0.05) is 30.1 Å². The van der Waals surface area contributed by atoms with E-state index in [1.165, 1.54) is 36.4 Å². The fraction of sp³-hybridized carbons (Fsp3) is 0.286. The number of halogens is 2. The zero-order valence-corrected chi connectivity index (χ0v) is 15.2. The molecule has 0 atom stereocenters. The maximum Gasteiger partial charge on any atom is 0.168 e. The highest BCUT2D eigenvalue weighted by atomic mass is 32.2. The summed E-state index contributed by atoms with van der Waals surface area (Å²) in [5.41, 5.74) is 3.24. The van der Waals surface area contributed by atoms with Crippen molar-refractivity contribution in [1.82, 2.24) is 4.90 Å². The van der Waals surface area contributed by atoms with Crippen LogP contribution in [0, 0.1) is 11.6 Å². The van der Waals surface area contributed by atoms with Crippen LogP contribution in [0.3, 0.4) is 0 Å². The molecule has 134 valence electrons. The Balaban J connectivity index is 1.74. The minimum Gasteiger partial charge on any atom is -0.323 e. The molecule has 0 radical (unpaired) electrons. The number of benzene rings is 2. The molecule has 2 heterocycles. The van der Waals surface area contributed by atoms with Gasteiger partial charge < -0.3 is 4.90 Å². The van der Waals surface area contributed by atoms with E-state index in [4.69, 9.17) is 4.99 Å². The van der Waals surface area contributed by atoms with Crippen LogP contribution in [0.5, 0.6) is 0 Å². The summed E-state index contributed by atoms with van der Waals surface area (Å²) in [6.07, 6.45) is 4.13. The van der Waals surface area contributed by atoms with Crippen LogP contribution < -0.4 is 0 Å². The highest BCUT2D eigenvalue weighted by molar-refractivity contribution is 8.22. The summed E-state index contributed by atoms with van der Waals surface area (Å²) in [7, 11) is 0. The first-order valence-corrected chi connectivity index (χ1v) is 9.76. The van der Waals surface area contributed by atoms with Crippen molar-refractivity contribution in [3.05, 3.63) is 77.0 Å². The van der Waals surface area contributed by atoms with Crippen LogP contribution in [-0.2, 0) is 6.42 Å². The molecule has 5 heteroatoms. The molecule has 26 heavy (non-hydrogen) atoms. The highest BCUT2D eigenvalue weighted by Gasteiger charge is 2.30. The molecule has 0 fully saturated rings. The van der Waals surface area contributed by atoms with Crippen molar-refractivity contribution in [3.63, 3.8) is 0 Å². The van der Waals surface area contributed by atoms with E-state index < -0.39 is 0 Å². The summed E-state index contributed by atoms with van der Waals surface area (Å²) in [6, 6.07) is 13.3. The van der Waals surface area contributed by atoms with Crippen molar-refractivity contribution in [2.24, 2.45) is 4.99 Å². The number of fused-ring (bicyclic) bond motifs is 1. The molecule has 2 aliphatic rings. The van der Waals surface area contributed by atoms with Gasteiger partial charge in [-0.3, -0.25) is 4.99 Å². The third kappa shape index (κ3) is 3.68. The number of aliphatic imine (C=N–C) groups is 1. The largest absolute Gasteiger partial charge is 0.323 e. The molecule has 0 N–H and O–H groups in total. The maximum absolute atomic E-state index is 13.4. The van der Waals surface area contributed by atoms with Gasteiger partial charge in [-0.1, -0.05) is 24.3 Å². The van der Waals surface area contributed by atoms with Gasteiger partial charge in [0.2, 0.25) is 0 Å². The molecule has 2 aliphatic heterocycles. The summed E-state index contributed by atoms with van der Waals surface area (Å²) in [6.45, 7) is 1.78. The minimum atomic E-state index is -0.235. The molecule has 2 aromatic rings. The monoisotopic (exact) mass is 370 g/mol. The number of nitrogens with zero attached hydrogens (tertiary/aromatic N) is 2. The lowest BCUT2D eigenvalue weighted by atomic mass is 10.1. The number of rotatable bonds is 3. The van der Waals surface area contributed by atoms with Gasteiger partial charge in [-0.15, -0.1) is 0 Å². The van der Waals surface area contributed by atoms with Crippen LogP contribution in [0.25, 0.3) is 4.91 Å². The van der Waals surface area contributed by atoms with Crippen molar-refractivity contribution in [1.29, 1.82) is 0 Å². The number of hydrogen-bond donors (Lipinski definition) is 0. The minimum absolute atomic E-state index is 0.226. The zero-order valence-electron chi connectivity index (χ0n) is 14.4. The predicted octanol–water partition coefficient (Wildman–Crippen LogP) is 5.46. The lowest BCUT2D eigenvalue weighted by Crippen LogP contribution is -2.28. The van der Waals surface area contributed by atoms with Crippen LogP contribution in [0.2, 0.25) is 0 Å². The summed E-state index contributed by atoms with van der Waals surface area (Å²) in [5, 5.41) is 1.03. The molecule has 0 unspecified atom stereocenters. The summed E-state index contributed by atoms with van der Waals surface area (Å²) in [5.74, 6) is -0.461. The molecule has 4 rings (SSSR count). The first kappa shape index (κ1) is 17.3. The average molecular weight is 370 g/mol. The fourth-order valence-electron chi connectivity index (χ4n) is 3.32. The van der Waals surface area contributed by atoms with Crippen LogP contribution in [0.1, 0.15) is 30.4 Å². The van der Waals surface area contributed by atoms with E-state index in [0.29, 0.717) is 6.42 Å². The third-order valence-electron chi connectivity index (χ3n) is 4.69. The Bertz CT molecular complexity index is 841. The van der Waals surface area contributed by atoms with Gasteiger partial charge in [0.25, 0.3) is 0 Å². The zero-order chi connectivity index (χ0) is 17.9. The predicted molar refractivity (Wildman–Crippen MR) is 104 cm³/mol. The SMILES string of the molecule is Fc1ccc(CC2=C(c3ccc(F)cc3)SC3=NCCCCCN32)cc1. The number of allylic oxidation sites excluding steroid dienone is 1. The van der Waals surface area contributed by atoms with Gasteiger partial charge in [0.05, 0.1) is 0 Å². The Kier molecular flexibility index (Phi) is 5.07. The lowest BCUT2D eigenvalue weighted by Gasteiger charge is -2.24. The molecular weight excluding hydrogens is 350 g/mol. The number of amidine groups is 1. The van der Waals surface area contributed by atoms with E-state index >= 15 is 0 Å². The Morgan fingerprint density at radius 1 is 0.885 bits per heavy atom. The first-order valence-electron chi connectivity index (χ1n) is 8.94. The summed E-state index contributed by atoms with van der Waals surface area (Å²) < 4.78 is 26.6. The lowest BCUT2D eigenvalue weighted by molar-refractivity contribution is 0.470. The van der Waals surface area contributed by atoms with Crippen molar-refractivity contribution in [2.45, 2.75) is 25.7 Å². The Hall–Kier alpha value is -2.14. The van der Waals surface area contributed by atoms with E-state index in [0.717, 1.165) is 47.1 Å². The van der Waals surface area contributed by atoms with Crippen molar-refractivity contribution < 1.29 is 8.78 Å². The summed E-state index contributed by atoms with van der Waals surface area (Å²) in [4.78, 5) is 8.19. The topological polar surface area (TPSA) is 15.6 Å². The van der Waals surface area contributed by atoms with Crippen LogP contribution in [-0.4, -0.2) is 23.2 Å². The molecular formula is C21H20F2N2S. The van der Waals surface area contributed by atoms with Crippen LogP contribution in [0.15, 0.2) is 59.2 Å². The number of thioether (sulfide) groups is 1. The van der Waals surface area contributed by atoms with Crippen LogP contribution in [0.4, 0.5) is 8.78 Å². The van der Waals surface area contributed by atoms with E-state index in [1.54, 1.807) is 11.8 Å². The third-order valence-corrected chi connectivity index (χ3v) is 5.90. The van der Waals surface area contributed by atoms with Gasteiger partial charge in [-0.05, 0) is 66.4 Å². The summed E-state index contributed by atoms with van der Waals surface area (Å²) >= 11 is 1.67. The smallest absolute Gasteiger partial charge is 0.168 e. The molecule has 0 aromatic heterocycles. The molecule has 0 bridgehead atoms. The highest BCUT2D eigenvalue weighted by Crippen LogP contribution is 2.43. The van der Waals surface area contributed by atoms with Gasteiger partial charge in [0.1, 0.15) is 11.6 Å². The normalized spacial score (nSPS) is 17.6. The Morgan fingerprint density at radius 2 is 1.58 bits per heavy atom. The van der Waals surface area contributed by atoms with Gasteiger partial charge in [-0.25, -0.2) is 8.78 Å². The maximum atomic E-state index is 13.4. The second kappa shape index (κ2) is 7.62. The molecule has 0 saturated carbocycles. The first-order chi connectivity index (χ1) is 12.7. The quantitative estimate of drug-likeness (QED) is 0.712. The van der Waals surface area contributed by atoms with Crippen molar-refractivity contribution >= 4 is 21.8 Å². The van der Waals surface area contributed by atoms with Gasteiger partial charge in [0.15, 0.2) is 5.17 Å². The molecule has 0 spiro atoms. The average Bonchev–Trinajstić information content (AvgIpc) is 2.94. The fourth-order valence-corrected chi connectivity index (χ4v) is 4.53. The molecule has 0 amide bonds. The van der Waals surface area contributed by atoms with E-state index in [2.05, 4.69) is 4.90 Å². The van der Waals surface area contributed by atoms with Gasteiger partial charge in [-0.2, -0.15) is 0 Å². The molecule has 0 aliphatic carbocycles. The standard InChI is InChI=1S/C21H20F2N2S/c22-17-8-4-15(5-9-17)14-19-20(16-6-10-18(23)11-7-16)26-21-24-12-2-1-3-13-25(19)21/h4-11H,1-3,12-14H2. The Morgan fingerprint density at radius 3 is 2.31 bits per heavy atom. The number of hydrogen-bond acceptors (Lipinski definition) is 3. The van der Waals surface area contributed by atoms with Gasteiger partial charge >= 0.3 is 0 Å². The Labute approximate surface area is 156 Å². The van der Waals surface area contributed by atoms with Crippen LogP contribution >= 0.6 is 11.8 Å². The van der Waals surface area contributed by atoms with Crippen molar-refractivity contribution in [2.75, 3.05) is 13.1 Å². The van der Waals surface area contributed by atoms with E-state index in [1.807, 2.05) is 24.3 Å². The molecule has 0 saturated heterocycles. The molecule has 2 nitrogen and oxygen atoms in total. The van der Waals surface area contributed by atoms with E-state index in [-0.39, 0.29) is 11.6 Å². The van der Waals surface area contributed by atoms with E-state index in [9.17, 15) is 8.78 Å².